The van der Waals surface area contributed by atoms with E-state index in [0.29, 0.717) is 17.2 Å². The van der Waals surface area contributed by atoms with Crippen LogP contribution in [-0.2, 0) is 36.0 Å². The number of fused-ring (bicyclic) bond motifs is 2. The lowest BCUT2D eigenvalue weighted by Gasteiger charge is -2.42. The average molecular weight is 1120 g/mol. The molecule has 2 aromatic heterocycles. The Labute approximate surface area is 481 Å². The number of para-hydroxylation sites is 4. The highest BCUT2D eigenvalue weighted by atomic mass is 32.2. The number of aromatic nitrogens is 4. The zero-order valence-electron chi connectivity index (χ0n) is 47.8. The molecule has 0 aliphatic heterocycles. The van der Waals surface area contributed by atoms with Crippen LogP contribution in [0.25, 0.3) is 61.7 Å². The third kappa shape index (κ3) is 10.5. The summed E-state index contributed by atoms with van der Waals surface area (Å²) in [5, 5.41) is 0. The van der Waals surface area contributed by atoms with Gasteiger partial charge in [-0.05, 0) is 190 Å². The Morgan fingerprint density at radius 3 is 1.32 bits per heavy atom. The van der Waals surface area contributed by atoms with E-state index in [4.69, 9.17) is 19.4 Å². The van der Waals surface area contributed by atoms with Crippen molar-refractivity contribution in [3.8, 4) is 56.8 Å². The maximum Gasteiger partial charge on any atom is 0.206 e. The number of nitrogens with zero attached hydrogens (tertiary/aromatic N) is 4. The first-order chi connectivity index (χ1) is 38.9. The van der Waals surface area contributed by atoms with Crippen molar-refractivity contribution < 1.29 is 26.3 Å². The fraction of sp³-hybridized carbons (Fsp3) is 0.200. The van der Waals surface area contributed by atoms with Crippen molar-refractivity contribution >= 4 is 41.7 Å². The second kappa shape index (κ2) is 20.8. The van der Waals surface area contributed by atoms with Crippen LogP contribution in [0.2, 0.25) is 0 Å². The van der Waals surface area contributed by atoms with Crippen LogP contribution in [0.4, 0.5) is 0 Å². The van der Waals surface area contributed by atoms with Crippen molar-refractivity contribution in [3.05, 3.63) is 230 Å². The van der Waals surface area contributed by atoms with Gasteiger partial charge in [0.05, 0.1) is 41.6 Å². The van der Waals surface area contributed by atoms with Gasteiger partial charge in [-0.1, -0.05) is 126 Å². The van der Waals surface area contributed by atoms with Gasteiger partial charge in [0.25, 0.3) is 0 Å². The molecule has 12 heteroatoms. The number of hydrogen-bond donors (Lipinski definition) is 0. The molecule has 0 fully saturated rings. The van der Waals surface area contributed by atoms with Gasteiger partial charge in [-0.2, -0.15) is 0 Å². The molecule has 10 nitrogen and oxygen atoms in total. The van der Waals surface area contributed by atoms with Crippen molar-refractivity contribution in [2.75, 3.05) is 0 Å². The van der Waals surface area contributed by atoms with E-state index in [0.717, 1.165) is 72.8 Å². The molecule has 0 saturated carbocycles. The Hall–Kier alpha value is -8.58. The summed E-state index contributed by atoms with van der Waals surface area (Å²) in [6.45, 7) is 21.1. The van der Waals surface area contributed by atoms with Crippen LogP contribution in [0.1, 0.15) is 80.4 Å². The molecule has 11 aromatic rings. The summed E-state index contributed by atoms with van der Waals surface area (Å²) in [6, 6.07) is 67.8. The molecule has 0 unspecified atom stereocenters. The van der Waals surface area contributed by atoms with E-state index in [1.807, 2.05) is 147 Å². The number of ether oxygens (including phenoxy) is 2. The molecule has 0 radical (unpaired) electrons. The second-order valence-corrected chi connectivity index (χ2v) is 27.8. The van der Waals surface area contributed by atoms with Crippen LogP contribution >= 0.6 is 0 Å². The molecule has 0 N–H and O–H groups in total. The molecule has 11 rings (SSSR count). The fourth-order valence-electron chi connectivity index (χ4n) is 10.4. The SMILES string of the molecule is CC(C)(C)c1ccc(S(=O)(=O)c2ccc(Oc3ccc(-c4ccc(OC(C)(C)C(C)(C)c5ccc(S(=O)(=O)c6ccc(-n7c(-c8cccc(-c9nc%10ccccc%10n9C(C)(C)C)c8)nc8ccccc87)cc6)cc5)cc4)cc3)cc2)cc1. The lowest BCUT2D eigenvalue weighted by atomic mass is 9.72. The molecular weight excluding hydrogens is 1060 g/mol. The molecule has 0 saturated heterocycles. The van der Waals surface area contributed by atoms with Gasteiger partial charge >= 0.3 is 0 Å². The fourth-order valence-corrected chi connectivity index (χ4v) is 13.0. The van der Waals surface area contributed by atoms with Crippen LogP contribution in [0.15, 0.2) is 238 Å². The number of imidazole rings is 2. The van der Waals surface area contributed by atoms with E-state index in [9.17, 15) is 16.8 Å². The molecule has 9 aromatic carbocycles. The van der Waals surface area contributed by atoms with Crippen LogP contribution in [0.5, 0.6) is 17.2 Å². The Balaban J connectivity index is 0.754. The predicted molar refractivity (Wildman–Crippen MR) is 329 cm³/mol. The highest BCUT2D eigenvalue weighted by Gasteiger charge is 2.41. The van der Waals surface area contributed by atoms with Crippen LogP contribution < -0.4 is 9.47 Å². The van der Waals surface area contributed by atoms with E-state index < -0.39 is 30.7 Å². The number of benzene rings is 9. The predicted octanol–water partition coefficient (Wildman–Crippen LogP) is 17.0. The van der Waals surface area contributed by atoms with E-state index in [1.54, 1.807) is 60.7 Å². The summed E-state index contributed by atoms with van der Waals surface area (Å²) >= 11 is 0. The van der Waals surface area contributed by atoms with Gasteiger partial charge in [0.1, 0.15) is 34.5 Å². The molecule has 0 atom stereocenters. The van der Waals surface area contributed by atoms with Gasteiger partial charge in [0, 0.05) is 27.8 Å². The molecule has 0 spiro atoms. The van der Waals surface area contributed by atoms with E-state index >= 15 is 0 Å². The molecule has 414 valence electrons. The zero-order chi connectivity index (χ0) is 58.0. The maximum absolute atomic E-state index is 14.3. The lowest BCUT2D eigenvalue weighted by Crippen LogP contribution is -2.47. The summed E-state index contributed by atoms with van der Waals surface area (Å²) in [5.41, 5.74) is 8.75. The molecule has 2 heterocycles. The molecule has 0 bridgehead atoms. The van der Waals surface area contributed by atoms with E-state index in [-0.39, 0.29) is 30.5 Å². The molecular formula is C70H66N4O6S2. The first kappa shape index (κ1) is 55.3. The van der Waals surface area contributed by atoms with Crippen LogP contribution in [0.3, 0.4) is 0 Å². The van der Waals surface area contributed by atoms with Crippen LogP contribution in [0, 0.1) is 0 Å². The molecule has 82 heavy (non-hydrogen) atoms. The Bertz CT molecular complexity index is 4380. The summed E-state index contributed by atoms with van der Waals surface area (Å²) in [7, 11) is -7.58. The monoisotopic (exact) mass is 1120 g/mol. The largest absolute Gasteiger partial charge is 0.487 e. The summed E-state index contributed by atoms with van der Waals surface area (Å²) in [6.07, 6.45) is 0. The number of hydrogen-bond acceptors (Lipinski definition) is 8. The molecule has 0 aliphatic carbocycles. The van der Waals surface area contributed by atoms with Gasteiger partial charge in [-0.3, -0.25) is 4.57 Å². The third-order valence-electron chi connectivity index (χ3n) is 15.8. The minimum Gasteiger partial charge on any atom is -0.487 e. The minimum absolute atomic E-state index is 0.0776. The zero-order valence-corrected chi connectivity index (χ0v) is 49.5. The highest BCUT2D eigenvalue weighted by Crippen LogP contribution is 2.41. The van der Waals surface area contributed by atoms with Crippen molar-refractivity contribution in [2.45, 2.75) is 111 Å². The van der Waals surface area contributed by atoms with Crippen molar-refractivity contribution in [1.82, 2.24) is 19.1 Å². The van der Waals surface area contributed by atoms with Gasteiger partial charge < -0.3 is 14.0 Å². The lowest BCUT2D eigenvalue weighted by molar-refractivity contribution is 0.0357. The Morgan fingerprint density at radius 1 is 0.390 bits per heavy atom. The molecule has 0 aliphatic rings. The number of sulfone groups is 2. The average Bonchev–Trinajstić information content (AvgIpc) is 3.57. The topological polar surface area (TPSA) is 122 Å². The second-order valence-electron chi connectivity index (χ2n) is 23.9. The first-order valence-electron chi connectivity index (χ1n) is 27.4. The quantitative estimate of drug-likeness (QED) is 0.105. The first-order valence-corrected chi connectivity index (χ1v) is 30.4. The maximum atomic E-state index is 14.3. The van der Waals surface area contributed by atoms with Crippen molar-refractivity contribution in [2.24, 2.45) is 0 Å². The summed E-state index contributed by atoms with van der Waals surface area (Å²) in [4.78, 5) is 11.1. The van der Waals surface area contributed by atoms with E-state index in [2.05, 4.69) is 88.8 Å². The van der Waals surface area contributed by atoms with Gasteiger partial charge in [0.15, 0.2) is 0 Å². The van der Waals surface area contributed by atoms with Crippen molar-refractivity contribution in [3.63, 3.8) is 0 Å². The Morgan fingerprint density at radius 2 is 0.805 bits per heavy atom. The molecule has 0 amide bonds. The normalized spacial score (nSPS) is 12.7. The summed E-state index contributed by atoms with van der Waals surface area (Å²) in [5.74, 6) is 3.43. The number of rotatable bonds is 14. The Kier molecular flexibility index (Phi) is 14.0. The smallest absolute Gasteiger partial charge is 0.206 e. The highest BCUT2D eigenvalue weighted by molar-refractivity contribution is 7.91. The van der Waals surface area contributed by atoms with Gasteiger partial charge in [0.2, 0.25) is 19.7 Å². The van der Waals surface area contributed by atoms with Crippen molar-refractivity contribution in [1.29, 1.82) is 0 Å². The summed E-state index contributed by atoms with van der Waals surface area (Å²) < 4.78 is 72.6. The van der Waals surface area contributed by atoms with Crippen LogP contribution in [-0.4, -0.2) is 41.5 Å². The van der Waals surface area contributed by atoms with Gasteiger partial charge in [-0.25, -0.2) is 26.8 Å². The standard InChI is InChI=1S/C70H66N4O6S2/c1-67(2,3)51-26-38-57(39-27-51)82(77,78)60-44-36-55(37-45-60)79-54-32-22-47(23-33-54)48-24-34-56(35-25-48)80-70(9,10)69(7,8)52-28-40-58(41-29-52)81(75,76)59-42-30-53(31-43-59)73-63-20-13-11-18-61(63)71-65(73)49-16-15-17-50(46-49)66-72-62-19-12-14-21-64(62)74(66)68(4,5)6/h11-46H,1-10H3. The minimum atomic E-state index is -3.89. The van der Waals surface area contributed by atoms with E-state index in [1.165, 1.54) is 0 Å². The van der Waals surface area contributed by atoms with Gasteiger partial charge in [-0.15, -0.1) is 0 Å². The third-order valence-corrected chi connectivity index (χ3v) is 19.4.